The maximum atomic E-state index is 12.6. The second-order valence-corrected chi connectivity index (χ2v) is 6.27. The van der Waals surface area contributed by atoms with Crippen molar-refractivity contribution >= 4 is 18.9 Å². The number of nitrogens with zero attached hydrogens (tertiary/aromatic N) is 1. The van der Waals surface area contributed by atoms with E-state index in [1.807, 2.05) is 4.90 Å². The lowest BCUT2D eigenvalue weighted by molar-refractivity contribution is 0.0713. The Morgan fingerprint density at radius 3 is 2.50 bits per heavy atom. The summed E-state index contributed by atoms with van der Waals surface area (Å²) in [5.74, 6) is 0.556. The Bertz CT molecular complexity index is 695. The van der Waals surface area contributed by atoms with E-state index in [0.29, 0.717) is 23.5 Å². The van der Waals surface area contributed by atoms with E-state index < -0.39 is 0 Å². The standard InChI is InChI=1S/C19H22BN2O2/c21-13-14-2-1-3-17(12-14)15-8-10-22(11-9-15)19(23)16-4-6-18(20-24)7-5-16/h1-7,12,15,24H,8-11,13,21H2. The second kappa shape index (κ2) is 7.64. The SMILES string of the molecule is NCc1cccc(C2CCN(C(=O)c3ccc([B]O)cc3)CC2)c1. The van der Waals surface area contributed by atoms with E-state index in [-0.39, 0.29) is 5.91 Å². The molecular formula is C19H22BN2O2. The number of amides is 1. The quantitative estimate of drug-likeness (QED) is 0.837. The summed E-state index contributed by atoms with van der Waals surface area (Å²) < 4.78 is 0. The predicted octanol–water partition coefficient (Wildman–Crippen LogP) is 1.40. The molecular weight excluding hydrogens is 299 g/mol. The van der Waals surface area contributed by atoms with Crippen molar-refractivity contribution in [3.8, 4) is 0 Å². The van der Waals surface area contributed by atoms with E-state index in [2.05, 4.69) is 24.3 Å². The molecule has 2 aromatic rings. The molecule has 0 aliphatic carbocycles. The molecule has 1 aliphatic rings. The van der Waals surface area contributed by atoms with Gasteiger partial charge in [-0.25, -0.2) is 0 Å². The van der Waals surface area contributed by atoms with Crippen LogP contribution < -0.4 is 11.2 Å². The third kappa shape index (κ3) is 3.69. The minimum Gasteiger partial charge on any atom is -0.450 e. The van der Waals surface area contributed by atoms with Crippen molar-refractivity contribution in [1.29, 1.82) is 0 Å². The average Bonchev–Trinajstić information content (AvgIpc) is 2.67. The molecule has 1 saturated heterocycles. The minimum atomic E-state index is 0.0636. The lowest BCUT2D eigenvalue weighted by atomic mass is 9.87. The summed E-state index contributed by atoms with van der Waals surface area (Å²) in [6, 6.07) is 15.5. The summed E-state index contributed by atoms with van der Waals surface area (Å²) in [4.78, 5) is 14.5. The Balaban J connectivity index is 1.62. The molecule has 24 heavy (non-hydrogen) atoms. The highest BCUT2D eigenvalue weighted by Gasteiger charge is 2.24. The van der Waals surface area contributed by atoms with E-state index in [1.54, 1.807) is 24.3 Å². The van der Waals surface area contributed by atoms with Crippen molar-refractivity contribution in [3.63, 3.8) is 0 Å². The summed E-state index contributed by atoms with van der Waals surface area (Å²) in [5.41, 5.74) is 9.58. The molecule has 5 heteroatoms. The van der Waals surface area contributed by atoms with Crippen LogP contribution in [0.5, 0.6) is 0 Å². The molecule has 2 aromatic carbocycles. The van der Waals surface area contributed by atoms with Crippen molar-refractivity contribution in [2.24, 2.45) is 5.73 Å². The first kappa shape index (κ1) is 16.7. The van der Waals surface area contributed by atoms with Crippen molar-refractivity contribution in [3.05, 3.63) is 65.2 Å². The summed E-state index contributed by atoms with van der Waals surface area (Å²) >= 11 is 0. The van der Waals surface area contributed by atoms with Crippen LogP contribution in [0.25, 0.3) is 0 Å². The third-order valence-corrected chi connectivity index (χ3v) is 4.75. The summed E-state index contributed by atoms with van der Waals surface area (Å²) in [6.45, 7) is 2.10. The number of carbonyl (C=O) groups excluding carboxylic acids is 1. The smallest absolute Gasteiger partial charge is 0.326 e. The van der Waals surface area contributed by atoms with Crippen molar-refractivity contribution in [1.82, 2.24) is 4.90 Å². The number of rotatable bonds is 4. The highest BCUT2D eigenvalue weighted by Crippen LogP contribution is 2.29. The molecule has 4 nitrogen and oxygen atoms in total. The molecule has 1 amide bonds. The van der Waals surface area contributed by atoms with Gasteiger partial charge in [-0.15, -0.1) is 0 Å². The molecule has 0 saturated carbocycles. The lowest BCUT2D eigenvalue weighted by Gasteiger charge is -2.32. The van der Waals surface area contributed by atoms with Gasteiger partial charge in [-0.3, -0.25) is 4.79 Å². The van der Waals surface area contributed by atoms with Crippen LogP contribution in [-0.4, -0.2) is 36.4 Å². The Morgan fingerprint density at radius 1 is 1.17 bits per heavy atom. The molecule has 1 radical (unpaired) electrons. The summed E-state index contributed by atoms with van der Waals surface area (Å²) in [7, 11) is 1.04. The fourth-order valence-corrected chi connectivity index (χ4v) is 3.28. The first-order valence-corrected chi connectivity index (χ1v) is 8.37. The van der Waals surface area contributed by atoms with Gasteiger partial charge in [0.15, 0.2) is 0 Å². The van der Waals surface area contributed by atoms with Crippen LogP contribution in [0, 0.1) is 0 Å². The zero-order valence-corrected chi connectivity index (χ0v) is 13.7. The van der Waals surface area contributed by atoms with Crippen LogP contribution in [0.4, 0.5) is 0 Å². The second-order valence-electron chi connectivity index (χ2n) is 6.27. The maximum Gasteiger partial charge on any atom is 0.326 e. The van der Waals surface area contributed by atoms with Gasteiger partial charge in [0.1, 0.15) is 0 Å². The monoisotopic (exact) mass is 321 g/mol. The molecule has 1 heterocycles. The van der Waals surface area contributed by atoms with Crippen LogP contribution in [0.2, 0.25) is 0 Å². The Kier molecular flexibility index (Phi) is 5.33. The lowest BCUT2D eigenvalue weighted by Crippen LogP contribution is -2.38. The fraction of sp³-hybridized carbons (Fsp3) is 0.316. The molecule has 1 fully saturated rings. The van der Waals surface area contributed by atoms with Crippen LogP contribution in [0.15, 0.2) is 48.5 Å². The highest BCUT2D eigenvalue weighted by molar-refractivity contribution is 6.45. The predicted molar refractivity (Wildman–Crippen MR) is 96.3 cm³/mol. The van der Waals surface area contributed by atoms with Crippen molar-refractivity contribution < 1.29 is 9.82 Å². The van der Waals surface area contributed by atoms with Gasteiger partial charge in [0.05, 0.1) is 0 Å². The molecule has 0 atom stereocenters. The third-order valence-electron chi connectivity index (χ3n) is 4.75. The number of piperidine rings is 1. The molecule has 3 rings (SSSR count). The molecule has 0 bridgehead atoms. The summed E-state index contributed by atoms with van der Waals surface area (Å²) in [6.07, 6.45) is 1.95. The number of carbonyl (C=O) groups is 1. The number of nitrogens with two attached hydrogens (primary N) is 1. The molecule has 0 spiro atoms. The maximum absolute atomic E-state index is 12.6. The van der Waals surface area contributed by atoms with Crippen molar-refractivity contribution in [2.45, 2.75) is 25.3 Å². The van der Waals surface area contributed by atoms with Gasteiger partial charge in [0.25, 0.3) is 5.91 Å². The van der Waals surface area contributed by atoms with Gasteiger partial charge >= 0.3 is 7.48 Å². The van der Waals surface area contributed by atoms with Gasteiger partial charge in [-0.2, -0.15) is 0 Å². The number of likely N-dealkylation sites (tertiary alicyclic amines) is 1. The highest BCUT2D eigenvalue weighted by atomic mass is 16.2. The number of benzene rings is 2. The Labute approximate surface area is 143 Å². The normalized spacial score (nSPS) is 15.3. The van der Waals surface area contributed by atoms with Crippen LogP contribution >= 0.6 is 0 Å². The zero-order chi connectivity index (χ0) is 16.9. The fourth-order valence-electron chi connectivity index (χ4n) is 3.28. The summed E-state index contributed by atoms with van der Waals surface area (Å²) in [5, 5.41) is 8.96. The van der Waals surface area contributed by atoms with Gasteiger partial charge < -0.3 is 15.7 Å². The van der Waals surface area contributed by atoms with E-state index in [9.17, 15) is 4.79 Å². The molecule has 0 unspecified atom stereocenters. The average molecular weight is 321 g/mol. The van der Waals surface area contributed by atoms with Crippen molar-refractivity contribution in [2.75, 3.05) is 13.1 Å². The largest absolute Gasteiger partial charge is 0.450 e. The first-order chi connectivity index (χ1) is 11.7. The minimum absolute atomic E-state index is 0.0636. The van der Waals surface area contributed by atoms with Gasteiger partial charge in [-0.1, -0.05) is 41.9 Å². The van der Waals surface area contributed by atoms with E-state index in [4.69, 9.17) is 10.8 Å². The van der Waals surface area contributed by atoms with Gasteiger partial charge in [-0.05, 0) is 42.0 Å². The topological polar surface area (TPSA) is 66.6 Å². The van der Waals surface area contributed by atoms with E-state index in [1.165, 1.54) is 5.56 Å². The van der Waals surface area contributed by atoms with Gasteiger partial charge in [0, 0.05) is 25.2 Å². The van der Waals surface area contributed by atoms with Crippen LogP contribution in [-0.2, 0) is 6.54 Å². The number of hydrogen-bond acceptors (Lipinski definition) is 3. The van der Waals surface area contributed by atoms with Crippen LogP contribution in [0.3, 0.4) is 0 Å². The van der Waals surface area contributed by atoms with E-state index in [0.717, 1.165) is 39.0 Å². The molecule has 1 aliphatic heterocycles. The van der Waals surface area contributed by atoms with E-state index >= 15 is 0 Å². The van der Waals surface area contributed by atoms with Gasteiger partial charge in [0.2, 0.25) is 0 Å². The Morgan fingerprint density at radius 2 is 1.88 bits per heavy atom. The zero-order valence-electron chi connectivity index (χ0n) is 13.7. The molecule has 0 aromatic heterocycles. The van der Waals surface area contributed by atoms with Crippen LogP contribution in [0.1, 0.15) is 40.2 Å². The Hall–Kier alpha value is -2.11. The molecule has 3 N–H and O–H groups in total. The first-order valence-electron chi connectivity index (χ1n) is 8.37. The molecule has 123 valence electrons. The number of hydrogen-bond donors (Lipinski definition) is 2.